The number of thioether (sulfide) groups is 1. The molecule has 1 N–H and O–H groups in total. The molecule has 0 radical (unpaired) electrons. The highest BCUT2D eigenvalue weighted by molar-refractivity contribution is 7.99. The van der Waals surface area contributed by atoms with Crippen LogP contribution in [0.15, 0.2) is 11.2 Å². The van der Waals surface area contributed by atoms with Crippen LogP contribution >= 0.6 is 23.1 Å². The molecule has 1 aliphatic rings. The fourth-order valence-corrected chi connectivity index (χ4v) is 4.52. The van der Waals surface area contributed by atoms with Gasteiger partial charge in [-0.15, -0.1) is 21.5 Å². The fraction of sp³-hybridized carbons (Fsp3) is 0.556. The smallest absolute Gasteiger partial charge is 0.340 e. The summed E-state index contributed by atoms with van der Waals surface area (Å²) in [4.78, 5) is 25.4. The molecule has 1 aliphatic carbocycles. The molecule has 2 heterocycles. The van der Waals surface area contributed by atoms with Crippen LogP contribution in [-0.4, -0.2) is 39.5 Å². The van der Waals surface area contributed by atoms with Gasteiger partial charge < -0.3 is 14.6 Å². The Morgan fingerprint density at radius 2 is 2.15 bits per heavy atom. The monoisotopic (exact) mass is 408 g/mol. The summed E-state index contributed by atoms with van der Waals surface area (Å²) in [5.74, 6) is 1.17. The predicted octanol–water partition coefficient (Wildman–Crippen LogP) is 3.71. The number of methoxy groups -OCH3 is 1. The molecule has 0 aromatic carbocycles. The molecule has 0 saturated heterocycles. The third-order valence-corrected chi connectivity index (χ3v) is 6.42. The Labute approximate surface area is 166 Å². The van der Waals surface area contributed by atoms with Gasteiger partial charge in [-0.25, -0.2) is 4.79 Å². The molecule has 0 spiro atoms. The lowest BCUT2D eigenvalue weighted by Gasteiger charge is -2.08. The first-order chi connectivity index (χ1) is 13.1. The van der Waals surface area contributed by atoms with Gasteiger partial charge in [0.2, 0.25) is 5.91 Å². The Morgan fingerprint density at radius 3 is 2.78 bits per heavy atom. The Morgan fingerprint density at radius 1 is 1.37 bits per heavy atom. The first-order valence-corrected chi connectivity index (χ1v) is 10.9. The van der Waals surface area contributed by atoms with E-state index in [1.165, 1.54) is 43.1 Å². The molecule has 1 fully saturated rings. The van der Waals surface area contributed by atoms with Crippen molar-refractivity contribution in [3.63, 3.8) is 0 Å². The van der Waals surface area contributed by atoms with E-state index in [-0.39, 0.29) is 11.7 Å². The Bertz CT molecular complexity index is 827. The van der Waals surface area contributed by atoms with E-state index in [2.05, 4.69) is 27.0 Å². The molecule has 9 heteroatoms. The zero-order valence-corrected chi connectivity index (χ0v) is 17.4. The zero-order chi connectivity index (χ0) is 19.4. The summed E-state index contributed by atoms with van der Waals surface area (Å²) >= 11 is 2.78. The number of anilines is 1. The SMILES string of the molecule is CCCn1c(SCC(=O)Nc2sc(CC)cc2C(=O)OC)nnc1C1CC1. The molecule has 27 heavy (non-hydrogen) atoms. The lowest BCUT2D eigenvalue weighted by Crippen LogP contribution is -2.16. The molecule has 146 valence electrons. The van der Waals surface area contributed by atoms with Gasteiger partial charge in [-0.05, 0) is 31.7 Å². The number of aromatic nitrogens is 3. The molecule has 1 saturated carbocycles. The van der Waals surface area contributed by atoms with Crippen LogP contribution in [0.1, 0.15) is 60.1 Å². The lowest BCUT2D eigenvalue weighted by molar-refractivity contribution is -0.113. The van der Waals surface area contributed by atoms with E-state index < -0.39 is 5.97 Å². The number of hydrogen-bond donors (Lipinski definition) is 1. The van der Waals surface area contributed by atoms with Gasteiger partial charge in [-0.1, -0.05) is 25.6 Å². The first kappa shape index (κ1) is 19.9. The summed E-state index contributed by atoms with van der Waals surface area (Å²) in [7, 11) is 1.34. The summed E-state index contributed by atoms with van der Waals surface area (Å²) < 4.78 is 6.94. The molecule has 3 rings (SSSR count). The van der Waals surface area contributed by atoms with E-state index in [1.54, 1.807) is 6.07 Å². The van der Waals surface area contributed by atoms with Crippen molar-refractivity contribution in [1.29, 1.82) is 0 Å². The van der Waals surface area contributed by atoms with E-state index in [0.29, 0.717) is 16.5 Å². The summed E-state index contributed by atoms with van der Waals surface area (Å²) in [6.07, 6.45) is 4.13. The standard InChI is InChI=1S/C18H24N4O3S2/c1-4-8-22-15(11-6-7-11)20-21-18(22)26-10-14(23)19-16-13(17(24)25-3)9-12(5-2)27-16/h9,11H,4-8,10H2,1-3H3,(H,19,23). The summed E-state index contributed by atoms with van der Waals surface area (Å²) in [5, 5.41) is 12.8. The number of esters is 1. The molecular weight excluding hydrogens is 384 g/mol. The van der Waals surface area contributed by atoms with Gasteiger partial charge in [0.05, 0.1) is 18.4 Å². The average molecular weight is 409 g/mol. The van der Waals surface area contributed by atoms with Crippen LogP contribution in [0.3, 0.4) is 0 Å². The molecule has 0 unspecified atom stereocenters. The Balaban J connectivity index is 1.65. The van der Waals surface area contributed by atoms with Gasteiger partial charge in [-0.2, -0.15) is 0 Å². The number of ether oxygens (including phenoxy) is 1. The number of hydrogen-bond acceptors (Lipinski definition) is 7. The van der Waals surface area contributed by atoms with Crippen molar-refractivity contribution in [3.05, 3.63) is 22.3 Å². The van der Waals surface area contributed by atoms with E-state index in [0.717, 1.165) is 35.2 Å². The zero-order valence-electron chi connectivity index (χ0n) is 15.8. The average Bonchev–Trinajstić information content (AvgIpc) is 3.31. The predicted molar refractivity (Wildman–Crippen MR) is 107 cm³/mol. The van der Waals surface area contributed by atoms with Crippen molar-refractivity contribution < 1.29 is 14.3 Å². The summed E-state index contributed by atoms with van der Waals surface area (Å²) in [6, 6.07) is 1.78. The number of amides is 1. The first-order valence-electron chi connectivity index (χ1n) is 9.14. The van der Waals surface area contributed by atoms with E-state index >= 15 is 0 Å². The molecule has 7 nitrogen and oxygen atoms in total. The number of carbonyl (C=O) groups is 2. The minimum absolute atomic E-state index is 0.173. The molecular formula is C18H24N4O3S2. The van der Waals surface area contributed by atoms with E-state index in [1.807, 2.05) is 6.92 Å². The van der Waals surface area contributed by atoms with Gasteiger partial charge >= 0.3 is 5.97 Å². The summed E-state index contributed by atoms with van der Waals surface area (Å²) in [6.45, 7) is 4.99. The third kappa shape index (κ3) is 4.70. The maximum atomic E-state index is 12.4. The number of nitrogens with one attached hydrogen (secondary N) is 1. The number of carbonyl (C=O) groups excluding carboxylic acids is 2. The number of rotatable bonds is 9. The topological polar surface area (TPSA) is 86.1 Å². The second kappa shape index (κ2) is 8.88. The second-order valence-corrected chi connectivity index (χ2v) is 8.48. The maximum absolute atomic E-state index is 12.4. The van der Waals surface area contributed by atoms with E-state index in [4.69, 9.17) is 4.74 Å². The quantitative estimate of drug-likeness (QED) is 0.503. The van der Waals surface area contributed by atoms with Crippen LogP contribution in [-0.2, 0) is 22.5 Å². The summed E-state index contributed by atoms with van der Waals surface area (Å²) in [5.41, 5.74) is 0.405. The second-order valence-electron chi connectivity index (χ2n) is 6.40. The van der Waals surface area contributed by atoms with Crippen LogP contribution in [0, 0.1) is 0 Å². The van der Waals surface area contributed by atoms with E-state index in [9.17, 15) is 9.59 Å². The van der Waals surface area contributed by atoms with Crippen LogP contribution in [0.25, 0.3) is 0 Å². The third-order valence-electron chi connectivity index (χ3n) is 4.26. The Kier molecular flexibility index (Phi) is 6.54. The maximum Gasteiger partial charge on any atom is 0.340 e. The van der Waals surface area contributed by atoms with Crippen molar-refractivity contribution in [3.8, 4) is 0 Å². The van der Waals surface area contributed by atoms with Gasteiger partial charge in [0.1, 0.15) is 10.8 Å². The number of nitrogens with zero attached hydrogens (tertiary/aromatic N) is 3. The highest BCUT2D eigenvalue weighted by Gasteiger charge is 2.30. The van der Waals surface area contributed by atoms with Gasteiger partial charge in [0, 0.05) is 17.3 Å². The van der Waals surface area contributed by atoms with Crippen molar-refractivity contribution >= 4 is 40.0 Å². The van der Waals surface area contributed by atoms with Gasteiger partial charge in [0.15, 0.2) is 5.16 Å². The van der Waals surface area contributed by atoms with Crippen LogP contribution in [0.5, 0.6) is 0 Å². The van der Waals surface area contributed by atoms with Crippen molar-refractivity contribution in [2.24, 2.45) is 0 Å². The lowest BCUT2D eigenvalue weighted by atomic mass is 10.2. The normalized spacial score (nSPS) is 13.6. The molecule has 0 atom stereocenters. The van der Waals surface area contributed by atoms with Crippen LogP contribution < -0.4 is 5.32 Å². The van der Waals surface area contributed by atoms with Crippen molar-refractivity contribution in [2.75, 3.05) is 18.2 Å². The minimum atomic E-state index is -0.439. The molecule has 1 amide bonds. The van der Waals surface area contributed by atoms with Crippen molar-refractivity contribution in [1.82, 2.24) is 14.8 Å². The fourth-order valence-electron chi connectivity index (χ4n) is 2.75. The highest BCUT2D eigenvalue weighted by atomic mass is 32.2. The molecule has 0 aliphatic heterocycles. The van der Waals surface area contributed by atoms with Gasteiger partial charge in [-0.3, -0.25) is 4.79 Å². The number of aryl methyl sites for hydroxylation is 1. The molecule has 2 aromatic rings. The minimum Gasteiger partial charge on any atom is -0.465 e. The largest absolute Gasteiger partial charge is 0.465 e. The highest BCUT2D eigenvalue weighted by Crippen LogP contribution is 2.40. The van der Waals surface area contributed by atoms with Crippen molar-refractivity contribution in [2.45, 2.75) is 57.1 Å². The Hall–Kier alpha value is -1.87. The van der Waals surface area contributed by atoms with Crippen LogP contribution in [0.4, 0.5) is 5.00 Å². The van der Waals surface area contributed by atoms with Crippen LogP contribution in [0.2, 0.25) is 0 Å². The molecule has 2 aromatic heterocycles. The number of thiophene rings is 1. The molecule has 0 bridgehead atoms. The van der Waals surface area contributed by atoms with Gasteiger partial charge in [0.25, 0.3) is 0 Å².